The van der Waals surface area contributed by atoms with Gasteiger partial charge in [-0.2, -0.15) is 0 Å². The number of nitrogens with two attached hydrogens (primary N) is 2. The standard InChI is InChI=1S/C16H17N3O/c1-3-8-13(9-4-2)15(19-16(18)20)14(17)12-10-6-5-7-11-12/h1,4-11H,17H2,2H3,(H3,18,19,20)/b9-4-,13-8+,15-14-. The van der Waals surface area contributed by atoms with Gasteiger partial charge in [-0.1, -0.05) is 48.4 Å². The summed E-state index contributed by atoms with van der Waals surface area (Å²) in [6.45, 7) is 1.84. The third kappa shape index (κ3) is 4.07. The van der Waals surface area contributed by atoms with Crippen LogP contribution in [0.4, 0.5) is 4.79 Å². The van der Waals surface area contributed by atoms with E-state index >= 15 is 0 Å². The molecule has 20 heavy (non-hydrogen) atoms. The van der Waals surface area contributed by atoms with Gasteiger partial charge in [0.25, 0.3) is 0 Å². The predicted octanol–water partition coefficient (Wildman–Crippen LogP) is 2.12. The van der Waals surface area contributed by atoms with Crippen molar-refractivity contribution in [2.24, 2.45) is 11.5 Å². The molecule has 0 radical (unpaired) electrons. The molecule has 0 saturated heterocycles. The fourth-order valence-electron chi connectivity index (χ4n) is 1.65. The Morgan fingerprint density at radius 2 is 1.95 bits per heavy atom. The van der Waals surface area contributed by atoms with Crippen molar-refractivity contribution in [1.29, 1.82) is 0 Å². The van der Waals surface area contributed by atoms with E-state index in [1.807, 2.05) is 37.3 Å². The summed E-state index contributed by atoms with van der Waals surface area (Å²) in [6.07, 6.45) is 10.4. The van der Waals surface area contributed by atoms with Crippen molar-refractivity contribution < 1.29 is 4.79 Å². The van der Waals surface area contributed by atoms with Crippen LogP contribution in [0.15, 0.2) is 59.8 Å². The Hall–Kier alpha value is -2.93. The van der Waals surface area contributed by atoms with E-state index in [9.17, 15) is 4.79 Å². The number of rotatable bonds is 4. The zero-order valence-corrected chi connectivity index (χ0v) is 11.3. The molecule has 5 N–H and O–H groups in total. The maximum Gasteiger partial charge on any atom is 0.316 e. The molecule has 4 heteroatoms. The predicted molar refractivity (Wildman–Crippen MR) is 82.0 cm³/mol. The van der Waals surface area contributed by atoms with E-state index in [2.05, 4.69) is 11.2 Å². The highest BCUT2D eigenvalue weighted by Crippen LogP contribution is 2.18. The van der Waals surface area contributed by atoms with E-state index < -0.39 is 6.03 Å². The molecular weight excluding hydrogens is 250 g/mol. The highest BCUT2D eigenvalue weighted by Gasteiger charge is 2.11. The molecule has 0 unspecified atom stereocenters. The number of benzene rings is 1. The lowest BCUT2D eigenvalue weighted by atomic mass is 10.0. The first-order valence-electron chi connectivity index (χ1n) is 6.01. The van der Waals surface area contributed by atoms with Crippen molar-refractivity contribution in [3.05, 3.63) is 65.4 Å². The molecule has 102 valence electrons. The fourth-order valence-corrected chi connectivity index (χ4v) is 1.65. The zero-order chi connectivity index (χ0) is 15.0. The average Bonchev–Trinajstić information content (AvgIpc) is 2.44. The Morgan fingerprint density at radius 1 is 1.30 bits per heavy atom. The number of urea groups is 1. The SMILES string of the molecule is C#C/C=C(\C=C/C)C(/NC(N)=O)=C(/N)c1ccccc1. The second-order valence-corrected chi connectivity index (χ2v) is 3.91. The van der Waals surface area contributed by atoms with Crippen LogP contribution >= 0.6 is 0 Å². The molecule has 1 aromatic carbocycles. The summed E-state index contributed by atoms with van der Waals surface area (Å²) in [7, 11) is 0. The molecule has 0 spiro atoms. The molecule has 1 aromatic rings. The van der Waals surface area contributed by atoms with Gasteiger partial charge < -0.3 is 16.8 Å². The Bertz CT molecular complexity index is 604. The van der Waals surface area contributed by atoms with Crippen molar-refractivity contribution in [3.63, 3.8) is 0 Å². The summed E-state index contributed by atoms with van der Waals surface area (Å²) in [5.41, 5.74) is 13.5. The minimum absolute atomic E-state index is 0.389. The molecule has 0 heterocycles. The van der Waals surface area contributed by atoms with Crippen LogP contribution in [0.1, 0.15) is 12.5 Å². The quantitative estimate of drug-likeness (QED) is 0.577. The van der Waals surface area contributed by atoms with Crippen LogP contribution in [0.25, 0.3) is 5.70 Å². The number of amides is 2. The minimum Gasteiger partial charge on any atom is -0.397 e. The second-order valence-electron chi connectivity index (χ2n) is 3.91. The first kappa shape index (κ1) is 15.1. The summed E-state index contributed by atoms with van der Waals surface area (Å²) < 4.78 is 0. The molecule has 0 aliphatic carbocycles. The average molecular weight is 267 g/mol. The van der Waals surface area contributed by atoms with Gasteiger partial charge in [0.1, 0.15) is 0 Å². The Morgan fingerprint density at radius 3 is 2.45 bits per heavy atom. The van der Waals surface area contributed by atoms with E-state index in [1.165, 1.54) is 6.08 Å². The van der Waals surface area contributed by atoms with Crippen molar-refractivity contribution in [3.8, 4) is 12.3 Å². The maximum atomic E-state index is 11.2. The normalized spacial score (nSPS) is 12.7. The highest BCUT2D eigenvalue weighted by atomic mass is 16.2. The summed E-state index contributed by atoms with van der Waals surface area (Å²) in [6, 6.07) is 8.55. The van der Waals surface area contributed by atoms with Gasteiger partial charge in [0, 0.05) is 5.57 Å². The minimum atomic E-state index is -0.702. The molecule has 0 aromatic heterocycles. The van der Waals surface area contributed by atoms with Gasteiger partial charge in [-0.3, -0.25) is 0 Å². The summed E-state index contributed by atoms with van der Waals surface area (Å²) in [4.78, 5) is 11.2. The topological polar surface area (TPSA) is 81.1 Å². The van der Waals surface area contributed by atoms with Crippen molar-refractivity contribution in [2.45, 2.75) is 6.92 Å². The van der Waals surface area contributed by atoms with Crippen LogP contribution in [-0.4, -0.2) is 6.03 Å². The number of carbonyl (C=O) groups excluding carboxylic acids is 1. The first-order valence-corrected chi connectivity index (χ1v) is 6.01. The van der Waals surface area contributed by atoms with Gasteiger partial charge in [0.2, 0.25) is 0 Å². The Balaban J connectivity index is 3.42. The summed E-state index contributed by atoms with van der Waals surface area (Å²) in [5, 5.41) is 2.53. The van der Waals surface area contributed by atoms with Crippen LogP contribution in [-0.2, 0) is 0 Å². The lowest BCUT2D eigenvalue weighted by Crippen LogP contribution is -2.31. The van der Waals surface area contributed by atoms with E-state index in [4.69, 9.17) is 17.9 Å². The first-order chi connectivity index (χ1) is 9.60. The van der Waals surface area contributed by atoms with Crippen LogP contribution < -0.4 is 16.8 Å². The number of allylic oxidation sites excluding steroid dienone is 3. The number of terminal acetylenes is 1. The monoisotopic (exact) mass is 267 g/mol. The van der Waals surface area contributed by atoms with Crippen molar-refractivity contribution >= 4 is 11.7 Å². The van der Waals surface area contributed by atoms with Crippen LogP contribution in [0.5, 0.6) is 0 Å². The maximum absolute atomic E-state index is 11.2. The smallest absolute Gasteiger partial charge is 0.316 e. The molecule has 0 fully saturated rings. The van der Waals surface area contributed by atoms with Crippen LogP contribution in [0.3, 0.4) is 0 Å². The summed E-state index contributed by atoms with van der Waals surface area (Å²) in [5.74, 6) is 2.42. The third-order valence-corrected chi connectivity index (χ3v) is 2.48. The molecule has 2 amide bonds. The molecule has 0 aliphatic rings. The van der Waals surface area contributed by atoms with Gasteiger partial charge in [-0.25, -0.2) is 4.79 Å². The lowest BCUT2D eigenvalue weighted by molar-refractivity contribution is 0.251. The van der Waals surface area contributed by atoms with E-state index in [0.29, 0.717) is 17.0 Å². The number of hydrogen-bond donors (Lipinski definition) is 3. The second kappa shape index (κ2) is 7.49. The number of hydrogen-bond acceptors (Lipinski definition) is 2. The Kier molecular flexibility index (Phi) is 5.67. The van der Waals surface area contributed by atoms with Crippen molar-refractivity contribution in [2.75, 3.05) is 0 Å². The molecular formula is C16H17N3O. The van der Waals surface area contributed by atoms with Crippen LogP contribution in [0, 0.1) is 12.3 Å². The molecule has 0 aliphatic heterocycles. The molecule has 1 rings (SSSR count). The third-order valence-electron chi connectivity index (χ3n) is 2.48. The van der Waals surface area contributed by atoms with Gasteiger partial charge in [0.05, 0.1) is 11.4 Å². The molecule has 0 atom stereocenters. The summed E-state index contributed by atoms with van der Waals surface area (Å²) >= 11 is 0. The van der Waals surface area contributed by atoms with Crippen LogP contribution in [0.2, 0.25) is 0 Å². The van der Waals surface area contributed by atoms with E-state index in [-0.39, 0.29) is 0 Å². The van der Waals surface area contributed by atoms with Gasteiger partial charge in [-0.15, -0.1) is 6.42 Å². The van der Waals surface area contributed by atoms with Gasteiger partial charge in [0.15, 0.2) is 0 Å². The zero-order valence-electron chi connectivity index (χ0n) is 11.3. The van der Waals surface area contributed by atoms with Gasteiger partial charge in [-0.05, 0) is 18.6 Å². The molecule has 0 bridgehead atoms. The van der Waals surface area contributed by atoms with E-state index in [1.54, 1.807) is 12.2 Å². The van der Waals surface area contributed by atoms with E-state index in [0.717, 1.165) is 5.56 Å². The number of primary amides is 1. The number of nitrogens with one attached hydrogen (secondary N) is 1. The largest absolute Gasteiger partial charge is 0.397 e. The van der Waals surface area contributed by atoms with Gasteiger partial charge >= 0.3 is 6.03 Å². The highest BCUT2D eigenvalue weighted by molar-refractivity contribution is 5.81. The fraction of sp³-hybridized carbons (Fsp3) is 0.0625. The molecule has 0 saturated carbocycles. The Labute approximate surface area is 118 Å². The molecule has 4 nitrogen and oxygen atoms in total. The number of carbonyl (C=O) groups is 1. The lowest BCUT2D eigenvalue weighted by Gasteiger charge is -2.13. The van der Waals surface area contributed by atoms with Crippen molar-refractivity contribution in [1.82, 2.24) is 5.32 Å².